The SMILES string of the molecule is CC[C@H](C)[C@H](NC(=O)CCC(F)(F)F)C(=O)OC(C)(C)C. The molecule has 0 bridgehead atoms. The van der Waals surface area contributed by atoms with Crippen LogP contribution in [0, 0.1) is 5.92 Å². The van der Waals surface area contributed by atoms with Gasteiger partial charge in [-0.2, -0.15) is 13.2 Å². The second-order valence-corrected chi connectivity index (χ2v) is 6.08. The number of ether oxygens (including phenoxy) is 1. The molecule has 1 N–H and O–H groups in total. The Hall–Kier alpha value is -1.27. The van der Waals surface area contributed by atoms with Crippen LogP contribution in [-0.2, 0) is 14.3 Å². The smallest absolute Gasteiger partial charge is 0.389 e. The van der Waals surface area contributed by atoms with E-state index in [1.807, 2.05) is 6.92 Å². The van der Waals surface area contributed by atoms with Crippen molar-refractivity contribution >= 4 is 11.9 Å². The topological polar surface area (TPSA) is 55.4 Å². The predicted molar refractivity (Wildman–Crippen MR) is 72.5 cm³/mol. The molecule has 21 heavy (non-hydrogen) atoms. The number of halogens is 3. The zero-order valence-electron chi connectivity index (χ0n) is 13.1. The van der Waals surface area contributed by atoms with E-state index in [4.69, 9.17) is 4.74 Å². The fourth-order valence-corrected chi connectivity index (χ4v) is 1.54. The van der Waals surface area contributed by atoms with Crippen LogP contribution >= 0.6 is 0 Å². The van der Waals surface area contributed by atoms with Gasteiger partial charge in [-0.25, -0.2) is 4.79 Å². The predicted octanol–water partition coefficient (Wildman–Crippen LogP) is 3.20. The van der Waals surface area contributed by atoms with E-state index in [-0.39, 0.29) is 5.92 Å². The maximum Gasteiger partial charge on any atom is 0.389 e. The van der Waals surface area contributed by atoms with E-state index < -0.39 is 42.5 Å². The average Bonchev–Trinajstić information content (AvgIpc) is 2.29. The van der Waals surface area contributed by atoms with Crippen molar-refractivity contribution in [1.29, 1.82) is 0 Å². The molecular formula is C14H24F3NO3. The zero-order chi connectivity index (χ0) is 16.8. The lowest BCUT2D eigenvalue weighted by atomic mass is 9.98. The first-order valence-corrected chi connectivity index (χ1v) is 6.94. The fraction of sp³-hybridized carbons (Fsp3) is 0.857. The molecule has 0 spiro atoms. The van der Waals surface area contributed by atoms with Crippen LogP contribution in [0.1, 0.15) is 53.9 Å². The molecule has 124 valence electrons. The van der Waals surface area contributed by atoms with Crippen LogP contribution in [0.25, 0.3) is 0 Å². The summed E-state index contributed by atoms with van der Waals surface area (Å²) in [6.07, 6.45) is -5.71. The molecule has 0 saturated carbocycles. The molecule has 0 rings (SSSR count). The van der Waals surface area contributed by atoms with Gasteiger partial charge in [0.2, 0.25) is 5.91 Å². The van der Waals surface area contributed by atoms with Gasteiger partial charge in [-0.15, -0.1) is 0 Å². The van der Waals surface area contributed by atoms with Gasteiger partial charge in [0.05, 0.1) is 6.42 Å². The van der Waals surface area contributed by atoms with E-state index in [2.05, 4.69) is 5.32 Å². The number of alkyl halides is 3. The Morgan fingerprint density at radius 2 is 1.71 bits per heavy atom. The lowest BCUT2D eigenvalue weighted by Crippen LogP contribution is -2.47. The van der Waals surface area contributed by atoms with E-state index in [0.29, 0.717) is 6.42 Å². The number of carbonyl (C=O) groups excluding carboxylic acids is 2. The molecule has 0 saturated heterocycles. The summed E-state index contributed by atoms with van der Waals surface area (Å²) >= 11 is 0. The van der Waals surface area contributed by atoms with Crippen LogP contribution < -0.4 is 5.32 Å². The van der Waals surface area contributed by atoms with Crippen LogP contribution in [0.2, 0.25) is 0 Å². The van der Waals surface area contributed by atoms with Gasteiger partial charge >= 0.3 is 12.1 Å². The molecule has 0 radical (unpaired) electrons. The Morgan fingerprint density at radius 1 is 1.19 bits per heavy atom. The van der Waals surface area contributed by atoms with Crippen LogP contribution in [-0.4, -0.2) is 29.7 Å². The van der Waals surface area contributed by atoms with Crippen LogP contribution in [0.5, 0.6) is 0 Å². The first-order chi connectivity index (χ1) is 9.35. The molecule has 0 aliphatic carbocycles. The van der Waals surface area contributed by atoms with Crippen molar-refractivity contribution in [1.82, 2.24) is 5.32 Å². The van der Waals surface area contributed by atoms with Crippen LogP contribution in [0.4, 0.5) is 13.2 Å². The summed E-state index contributed by atoms with van der Waals surface area (Å²) in [5, 5.41) is 2.35. The molecule has 0 aromatic heterocycles. The van der Waals surface area contributed by atoms with E-state index in [0.717, 1.165) is 0 Å². The maximum atomic E-state index is 12.1. The monoisotopic (exact) mass is 311 g/mol. The van der Waals surface area contributed by atoms with Gasteiger partial charge in [-0.3, -0.25) is 4.79 Å². The number of amides is 1. The normalized spacial score (nSPS) is 15.2. The van der Waals surface area contributed by atoms with Gasteiger partial charge in [-0.05, 0) is 26.7 Å². The van der Waals surface area contributed by atoms with Gasteiger partial charge in [0, 0.05) is 6.42 Å². The molecule has 0 aliphatic rings. The number of esters is 1. The molecule has 7 heteroatoms. The van der Waals surface area contributed by atoms with E-state index >= 15 is 0 Å². The average molecular weight is 311 g/mol. The van der Waals surface area contributed by atoms with Gasteiger partial charge < -0.3 is 10.1 Å². The van der Waals surface area contributed by atoms with E-state index in [1.165, 1.54) is 0 Å². The summed E-state index contributed by atoms with van der Waals surface area (Å²) in [7, 11) is 0. The Bertz CT molecular complexity index is 361. The minimum absolute atomic E-state index is 0.227. The first-order valence-electron chi connectivity index (χ1n) is 6.94. The molecule has 0 fully saturated rings. The van der Waals surface area contributed by atoms with Crippen molar-refractivity contribution in [2.75, 3.05) is 0 Å². The molecule has 1 amide bonds. The lowest BCUT2D eigenvalue weighted by Gasteiger charge is -2.27. The van der Waals surface area contributed by atoms with Gasteiger partial charge in [0.1, 0.15) is 11.6 Å². The van der Waals surface area contributed by atoms with Crippen molar-refractivity contribution in [3.8, 4) is 0 Å². The lowest BCUT2D eigenvalue weighted by molar-refractivity contribution is -0.160. The molecule has 0 unspecified atom stereocenters. The highest BCUT2D eigenvalue weighted by Crippen LogP contribution is 2.21. The molecule has 2 atom stereocenters. The summed E-state index contributed by atoms with van der Waals surface area (Å²) < 4.78 is 41.5. The fourth-order valence-electron chi connectivity index (χ4n) is 1.54. The first kappa shape index (κ1) is 19.7. The van der Waals surface area contributed by atoms with Crippen LogP contribution in [0.15, 0.2) is 0 Å². The summed E-state index contributed by atoms with van der Waals surface area (Å²) in [6, 6.07) is -0.935. The Balaban J connectivity index is 4.71. The standard InChI is InChI=1S/C14H24F3NO3/c1-6-9(2)11(12(20)21-13(3,4)5)18-10(19)7-8-14(15,16)17/h9,11H,6-8H2,1-5H3,(H,18,19)/t9-,11-/m0/s1. The van der Waals surface area contributed by atoms with Gasteiger partial charge in [-0.1, -0.05) is 20.3 Å². The van der Waals surface area contributed by atoms with Crippen molar-refractivity contribution in [3.05, 3.63) is 0 Å². The Morgan fingerprint density at radius 3 is 2.10 bits per heavy atom. The quantitative estimate of drug-likeness (QED) is 0.766. The summed E-state index contributed by atoms with van der Waals surface area (Å²) in [6.45, 7) is 8.61. The van der Waals surface area contributed by atoms with Gasteiger partial charge in [0.15, 0.2) is 0 Å². The highest BCUT2D eigenvalue weighted by Gasteiger charge is 2.32. The molecule has 0 aliphatic heterocycles. The Kier molecular flexibility index (Phi) is 7.19. The minimum atomic E-state index is -4.39. The van der Waals surface area contributed by atoms with E-state index in [1.54, 1.807) is 27.7 Å². The zero-order valence-corrected chi connectivity index (χ0v) is 13.1. The third-order valence-corrected chi connectivity index (χ3v) is 2.83. The summed E-state index contributed by atoms with van der Waals surface area (Å²) in [5.41, 5.74) is -0.723. The number of hydrogen-bond acceptors (Lipinski definition) is 3. The summed E-state index contributed by atoms with van der Waals surface area (Å²) in [4.78, 5) is 23.6. The third kappa shape index (κ3) is 9.31. The van der Waals surface area contributed by atoms with Crippen molar-refractivity contribution in [3.63, 3.8) is 0 Å². The highest BCUT2D eigenvalue weighted by atomic mass is 19.4. The highest BCUT2D eigenvalue weighted by molar-refractivity contribution is 5.84. The second-order valence-electron chi connectivity index (χ2n) is 6.08. The van der Waals surface area contributed by atoms with Crippen molar-refractivity contribution in [2.45, 2.75) is 71.7 Å². The molecule has 0 aromatic rings. The molecule has 0 aromatic carbocycles. The number of rotatable bonds is 6. The minimum Gasteiger partial charge on any atom is -0.458 e. The molecule has 0 heterocycles. The van der Waals surface area contributed by atoms with E-state index in [9.17, 15) is 22.8 Å². The maximum absolute atomic E-state index is 12.1. The van der Waals surface area contributed by atoms with Gasteiger partial charge in [0.25, 0.3) is 0 Å². The number of carbonyl (C=O) groups is 2. The number of nitrogens with one attached hydrogen (secondary N) is 1. The largest absolute Gasteiger partial charge is 0.458 e. The Labute approximate surface area is 123 Å². The second kappa shape index (κ2) is 7.66. The van der Waals surface area contributed by atoms with Crippen molar-refractivity contribution < 1.29 is 27.5 Å². The number of hydrogen-bond donors (Lipinski definition) is 1. The molecule has 4 nitrogen and oxygen atoms in total. The van der Waals surface area contributed by atoms with Crippen LogP contribution in [0.3, 0.4) is 0 Å². The third-order valence-electron chi connectivity index (χ3n) is 2.83. The molecular weight excluding hydrogens is 287 g/mol. The van der Waals surface area contributed by atoms with Crippen molar-refractivity contribution in [2.24, 2.45) is 5.92 Å². The summed E-state index contributed by atoms with van der Waals surface area (Å²) in [5.74, 6) is -1.66.